The second-order valence-corrected chi connectivity index (χ2v) is 6.78. The molecule has 146 valence electrons. The third-order valence-electron chi connectivity index (χ3n) is 3.67. The number of hydrogen-bond donors (Lipinski definition) is 1. The molecule has 0 atom stereocenters. The molecule has 7 heteroatoms. The Morgan fingerprint density at radius 3 is 2.41 bits per heavy atom. The van der Waals surface area contributed by atoms with Crippen LogP contribution in [0.2, 0.25) is 0 Å². The van der Waals surface area contributed by atoms with Crippen LogP contribution in [0.25, 0.3) is 0 Å². The average Bonchev–Trinajstić information content (AvgIpc) is 2.74. The van der Waals surface area contributed by atoms with E-state index in [2.05, 4.69) is 26.5 Å². The molecule has 0 aliphatic rings. The summed E-state index contributed by atoms with van der Waals surface area (Å²) in [7, 11) is 0. The Morgan fingerprint density at radius 1 is 0.931 bits per heavy atom. The van der Waals surface area contributed by atoms with Crippen molar-refractivity contribution in [3.8, 4) is 11.5 Å². The van der Waals surface area contributed by atoms with Gasteiger partial charge in [0.2, 0.25) is 0 Å². The van der Waals surface area contributed by atoms with Crippen molar-refractivity contribution < 1.29 is 19.1 Å². The van der Waals surface area contributed by atoms with Crippen molar-refractivity contribution >= 4 is 34.0 Å². The van der Waals surface area contributed by atoms with Gasteiger partial charge in [-0.1, -0.05) is 40.2 Å². The lowest BCUT2D eigenvalue weighted by molar-refractivity contribution is -0.123. The molecule has 0 heterocycles. The summed E-state index contributed by atoms with van der Waals surface area (Å²) in [5.41, 5.74) is 3.57. The summed E-state index contributed by atoms with van der Waals surface area (Å²) in [6, 6.07) is 22.8. The number of rotatable bonds is 7. The van der Waals surface area contributed by atoms with Gasteiger partial charge in [-0.2, -0.15) is 5.10 Å². The molecule has 0 spiro atoms. The smallest absolute Gasteiger partial charge is 0.343 e. The predicted molar refractivity (Wildman–Crippen MR) is 113 cm³/mol. The Hall–Kier alpha value is -3.45. The summed E-state index contributed by atoms with van der Waals surface area (Å²) < 4.78 is 11.5. The Kier molecular flexibility index (Phi) is 7.13. The van der Waals surface area contributed by atoms with Crippen LogP contribution in [0.15, 0.2) is 88.4 Å². The Bertz CT molecular complexity index is 1000. The molecule has 0 saturated heterocycles. The molecule has 3 rings (SSSR count). The van der Waals surface area contributed by atoms with E-state index in [4.69, 9.17) is 9.47 Å². The minimum absolute atomic E-state index is 0.133. The summed E-state index contributed by atoms with van der Waals surface area (Å²) in [4.78, 5) is 23.9. The van der Waals surface area contributed by atoms with Crippen LogP contribution in [0.1, 0.15) is 15.9 Å². The molecule has 1 amide bonds. The van der Waals surface area contributed by atoms with Crippen molar-refractivity contribution in [2.45, 2.75) is 0 Å². The number of nitrogens with zero attached hydrogens (tertiary/aromatic N) is 1. The van der Waals surface area contributed by atoms with Crippen LogP contribution in [0.5, 0.6) is 11.5 Å². The fourth-order valence-electron chi connectivity index (χ4n) is 2.28. The minimum Gasteiger partial charge on any atom is -0.484 e. The number of amides is 1. The number of carbonyl (C=O) groups excluding carboxylic acids is 2. The standard InChI is InChI=1S/C22H17BrN2O4/c23-18-6-4-5-17(13-18)22(27)29-20-11-9-16(10-12-20)14-24-25-21(26)15-28-19-7-2-1-3-8-19/h1-14H,15H2,(H,25,26). The number of halogens is 1. The average molecular weight is 453 g/mol. The van der Waals surface area contributed by atoms with Crippen LogP contribution in [0, 0.1) is 0 Å². The van der Waals surface area contributed by atoms with E-state index in [-0.39, 0.29) is 12.5 Å². The van der Waals surface area contributed by atoms with Gasteiger partial charge in [0, 0.05) is 4.47 Å². The number of hydrazone groups is 1. The van der Waals surface area contributed by atoms with Crippen molar-refractivity contribution in [2.75, 3.05) is 6.61 Å². The lowest BCUT2D eigenvalue weighted by Gasteiger charge is -2.05. The highest BCUT2D eigenvalue weighted by Gasteiger charge is 2.08. The first-order valence-electron chi connectivity index (χ1n) is 8.68. The molecule has 0 fully saturated rings. The molecule has 0 saturated carbocycles. The van der Waals surface area contributed by atoms with Gasteiger partial charge in [0.25, 0.3) is 5.91 Å². The number of para-hydroxylation sites is 1. The van der Waals surface area contributed by atoms with Gasteiger partial charge < -0.3 is 9.47 Å². The van der Waals surface area contributed by atoms with Crippen molar-refractivity contribution in [3.05, 3.63) is 94.5 Å². The summed E-state index contributed by atoms with van der Waals surface area (Å²) in [5.74, 6) is 0.204. The van der Waals surface area contributed by atoms with Gasteiger partial charge >= 0.3 is 5.97 Å². The fraction of sp³-hybridized carbons (Fsp3) is 0.0455. The monoisotopic (exact) mass is 452 g/mol. The van der Waals surface area contributed by atoms with Gasteiger partial charge in [0.05, 0.1) is 11.8 Å². The molecule has 1 N–H and O–H groups in total. The maximum Gasteiger partial charge on any atom is 0.343 e. The summed E-state index contributed by atoms with van der Waals surface area (Å²) in [6.07, 6.45) is 1.49. The SMILES string of the molecule is O=C(COc1ccccc1)NN=Cc1ccc(OC(=O)c2cccc(Br)c2)cc1. The molecule has 29 heavy (non-hydrogen) atoms. The van der Waals surface area contributed by atoms with E-state index in [0.29, 0.717) is 17.1 Å². The van der Waals surface area contributed by atoms with Crippen molar-refractivity contribution in [1.29, 1.82) is 0 Å². The molecule has 0 aliphatic carbocycles. The Balaban J connectivity index is 1.47. The maximum atomic E-state index is 12.1. The molecular formula is C22H17BrN2O4. The molecule has 0 unspecified atom stereocenters. The molecular weight excluding hydrogens is 436 g/mol. The van der Waals surface area contributed by atoms with Crippen LogP contribution < -0.4 is 14.9 Å². The number of ether oxygens (including phenoxy) is 2. The first-order chi connectivity index (χ1) is 14.1. The summed E-state index contributed by atoms with van der Waals surface area (Å²) in [5, 5.41) is 3.88. The predicted octanol–water partition coefficient (Wildman–Crippen LogP) is 4.20. The molecule has 0 bridgehead atoms. The van der Waals surface area contributed by atoms with Gasteiger partial charge in [-0.3, -0.25) is 4.79 Å². The van der Waals surface area contributed by atoms with Gasteiger partial charge in [-0.05, 0) is 60.2 Å². The van der Waals surface area contributed by atoms with Crippen molar-refractivity contribution in [1.82, 2.24) is 5.43 Å². The zero-order valence-corrected chi connectivity index (χ0v) is 16.8. The molecule has 0 aliphatic heterocycles. The largest absolute Gasteiger partial charge is 0.484 e. The van der Waals surface area contributed by atoms with E-state index in [9.17, 15) is 9.59 Å². The van der Waals surface area contributed by atoms with E-state index < -0.39 is 5.97 Å². The number of carbonyl (C=O) groups is 2. The van der Waals surface area contributed by atoms with E-state index >= 15 is 0 Å². The van der Waals surface area contributed by atoms with Crippen molar-refractivity contribution in [3.63, 3.8) is 0 Å². The molecule has 6 nitrogen and oxygen atoms in total. The zero-order chi connectivity index (χ0) is 20.5. The van der Waals surface area contributed by atoms with Crippen molar-refractivity contribution in [2.24, 2.45) is 5.10 Å². The van der Waals surface area contributed by atoms with Crippen LogP contribution in [0.4, 0.5) is 0 Å². The second kappa shape index (κ2) is 10.2. The molecule has 3 aromatic rings. The first kappa shape index (κ1) is 20.3. The van der Waals surface area contributed by atoms with E-state index in [0.717, 1.165) is 10.0 Å². The molecule has 0 aromatic heterocycles. The highest BCUT2D eigenvalue weighted by molar-refractivity contribution is 9.10. The Labute approximate surface area is 176 Å². The second-order valence-electron chi connectivity index (χ2n) is 5.86. The maximum absolute atomic E-state index is 12.1. The minimum atomic E-state index is -0.446. The number of hydrogen-bond acceptors (Lipinski definition) is 5. The zero-order valence-electron chi connectivity index (χ0n) is 15.2. The highest BCUT2D eigenvalue weighted by Crippen LogP contribution is 2.16. The fourth-order valence-corrected chi connectivity index (χ4v) is 2.68. The van der Waals surface area contributed by atoms with Gasteiger partial charge in [-0.15, -0.1) is 0 Å². The highest BCUT2D eigenvalue weighted by atomic mass is 79.9. The number of benzene rings is 3. The van der Waals surface area contributed by atoms with Gasteiger partial charge in [0.1, 0.15) is 11.5 Å². The lowest BCUT2D eigenvalue weighted by Crippen LogP contribution is -2.24. The molecule has 3 aromatic carbocycles. The third-order valence-corrected chi connectivity index (χ3v) is 4.16. The Morgan fingerprint density at radius 2 is 1.69 bits per heavy atom. The first-order valence-corrected chi connectivity index (χ1v) is 9.47. The third kappa shape index (κ3) is 6.58. The van der Waals surface area contributed by atoms with Crippen LogP contribution >= 0.6 is 15.9 Å². The van der Waals surface area contributed by atoms with Gasteiger partial charge in [0.15, 0.2) is 6.61 Å². The number of nitrogens with one attached hydrogen (secondary N) is 1. The normalized spacial score (nSPS) is 10.5. The van der Waals surface area contributed by atoms with E-state index in [1.54, 1.807) is 54.6 Å². The van der Waals surface area contributed by atoms with Crippen LogP contribution in [-0.4, -0.2) is 24.7 Å². The summed E-state index contributed by atoms with van der Waals surface area (Å²) in [6.45, 7) is -0.133. The van der Waals surface area contributed by atoms with E-state index in [1.807, 2.05) is 24.3 Å². The molecule has 0 radical (unpaired) electrons. The quantitative estimate of drug-likeness (QED) is 0.252. The summed E-state index contributed by atoms with van der Waals surface area (Å²) >= 11 is 3.32. The lowest BCUT2D eigenvalue weighted by atomic mass is 10.2. The van der Waals surface area contributed by atoms with Crippen LogP contribution in [0.3, 0.4) is 0 Å². The van der Waals surface area contributed by atoms with Crippen LogP contribution in [-0.2, 0) is 4.79 Å². The van der Waals surface area contributed by atoms with E-state index in [1.165, 1.54) is 6.21 Å². The number of esters is 1. The topological polar surface area (TPSA) is 77.0 Å². The van der Waals surface area contributed by atoms with Gasteiger partial charge in [-0.25, -0.2) is 10.2 Å².